The Morgan fingerprint density at radius 1 is 0.840 bits per heavy atom. The molecule has 0 aromatic carbocycles. The van der Waals surface area contributed by atoms with Gasteiger partial charge in [0.1, 0.15) is 5.60 Å². The van der Waals surface area contributed by atoms with Gasteiger partial charge in [0.25, 0.3) is 0 Å². The number of amides is 1. The highest BCUT2D eigenvalue weighted by Crippen LogP contribution is 2.08. The Morgan fingerprint density at radius 2 is 1.36 bits per heavy atom. The number of unbranched alkanes of at least 4 members (excludes halogenated alkanes) is 3. The number of rotatable bonds is 15. The van der Waals surface area contributed by atoms with Crippen LogP contribution in [0.3, 0.4) is 0 Å². The molecule has 150 valence electrons. The third-order valence-electron chi connectivity index (χ3n) is 3.19. The van der Waals surface area contributed by atoms with Crippen LogP contribution in [0.2, 0.25) is 0 Å². The van der Waals surface area contributed by atoms with Crippen LogP contribution < -0.4 is 0 Å². The molecule has 0 aromatic rings. The summed E-state index contributed by atoms with van der Waals surface area (Å²) in [6.07, 6.45) is 4.15. The van der Waals surface area contributed by atoms with Gasteiger partial charge in [0, 0.05) is 26.1 Å². The molecule has 0 N–H and O–H groups in total. The van der Waals surface area contributed by atoms with Gasteiger partial charge in [0.05, 0.1) is 33.0 Å². The second kappa shape index (κ2) is 15.7. The number of ether oxygens (including phenoxy) is 4. The van der Waals surface area contributed by atoms with E-state index in [0.717, 1.165) is 25.3 Å². The van der Waals surface area contributed by atoms with E-state index in [0.29, 0.717) is 39.6 Å². The zero-order valence-electron chi connectivity index (χ0n) is 16.4. The third kappa shape index (κ3) is 18.0. The van der Waals surface area contributed by atoms with Crippen molar-refractivity contribution in [3.8, 4) is 0 Å². The first kappa shape index (κ1) is 24.4. The van der Waals surface area contributed by atoms with Crippen LogP contribution in [0.5, 0.6) is 0 Å². The molecule has 0 spiro atoms. The molecule has 0 radical (unpaired) electrons. The van der Waals surface area contributed by atoms with Crippen LogP contribution in [0.15, 0.2) is 0 Å². The van der Waals surface area contributed by atoms with Gasteiger partial charge < -0.3 is 23.8 Å². The first-order valence-electron chi connectivity index (χ1n) is 9.10. The van der Waals surface area contributed by atoms with E-state index in [1.807, 2.05) is 20.8 Å². The number of likely N-dealkylation sites (N-methyl/N-ethyl adjacent to an activating group) is 1. The van der Waals surface area contributed by atoms with Crippen molar-refractivity contribution in [2.75, 3.05) is 59.1 Å². The summed E-state index contributed by atoms with van der Waals surface area (Å²) in [5.74, 6) is 0.744. The third-order valence-corrected chi connectivity index (χ3v) is 3.46. The summed E-state index contributed by atoms with van der Waals surface area (Å²) in [5.41, 5.74) is -0.480. The summed E-state index contributed by atoms with van der Waals surface area (Å²) in [6.45, 7) is 9.46. The van der Waals surface area contributed by atoms with Crippen molar-refractivity contribution in [1.82, 2.24) is 4.90 Å². The number of carbonyl (C=O) groups excluding carboxylic acids is 1. The van der Waals surface area contributed by atoms with E-state index in [1.54, 1.807) is 7.05 Å². The fraction of sp³-hybridized carbons (Fsp3) is 0.944. The Balaban J connectivity index is 3.29. The molecular formula is C18H36ClNO5. The molecule has 0 fully saturated rings. The molecule has 0 heterocycles. The van der Waals surface area contributed by atoms with Crippen molar-refractivity contribution < 1.29 is 23.7 Å². The van der Waals surface area contributed by atoms with Crippen LogP contribution in [0.1, 0.15) is 46.5 Å². The molecule has 6 nitrogen and oxygen atoms in total. The summed E-state index contributed by atoms with van der Waals surface area (Å²) in [4.78, 5) is 13.2. The van der Waals surface area contributed by atoms with Gasteiger partial charge in [-0.3, -0.25) is 0 Å². The van der Waals surface area contributed by atoms with E-state index in [9.17, 15) is 4.79 Å². The van der Waals surface area contributed by atoms with Crippen molar-refractivity contribution >= 4 is 17.7 Å². The lowest BCUT2D eigenvalue weighted by molar-refractivity contribution is 0.00444. The number of alkyl halides is 1. The highest BCUT2D eigenvalue weighted by Gasteiger charge is 2.19. The van der Waals surface area contributed by atoms with Crippen LogP contribution in [-0.2, 0) is 18.9 Å². The number of halogens is 1. The van der Waals surface area contributed by atoms with Crippen LogP contribution >= 0.6 is 11.6 Å². The topological polar surface area (TPSA) is 57.2 Å². The summed E-state index contributed by atoms with van der Waals surface area (Å²) < 4.78 is 21.6. The fourth-order valence-electron chi connectivity index (χ4n) is 1.83. The lowest BCUT2D eigenvalue weighted by atomic mass is 10.2. The van der Waals surface area contributed by atoms with E-state index in [1.165, 1.54) is 17.7 Å². The quantitative estimate of drug-likeness (QED) is 0.320. The van der Waals surface area contributed by atoms with Crippen molar-refractivity contribution in [2.24, 2.45) is 0 Å². The van der Waals surface area contributed by atoms with Gasteiger partial charge in [0.2, 0.25) is 0 Å². The zero-order chi connectivity index (χ0) is 19.0. The van der Waals surface area contributed by atoms with E-state index in [4.69, 9.17) is 30.5 Å². The fourth-order valence-corrected chi connectivity index (χ4v) is 2.02. The van der Waals surface area contributed by atoms with Gasteiger partial charge in [-0.25, -0.2) is 4.79 Å². The second-order valence-electron chi connectivity index (χ2n) is 6.84. The smallest absolute Gasteiger partial charge is 0.410 e. The van der Waals surface area contributed by atoms with Crippen molar-refractivity contribution in [3.05, 3.63) is 0 Å². The van der Waals surface area contributed by atoms with Crippen molar-refractivity contribution in [3.63, 3.8) is 0 Å². The molecule has 1 amide bonds. The molecule has 0 atom stereocenters. The Morgan fingerprint density at radius 3 is 1.92 bits per heavy atom. The van der Waals surface area contributed by atoms with Gasteiger partial charge in [-0.1, -0.05) is 12.8 Å². The Bertz CT molecular complexity index is 323. The van der Waals surface area contributed by atoms with E-state index >= 15 is 0 Å². The molecule has 0 saturated carbocycles. The monoisotopic (exact) mass is 381 g/mol. The zero-order valence-corrected chi connectivity index (χ0v) is 17.1. The molecule has 7 heteroatoms. The van der Waals surface area contributed by atoms with Gasteiger partial charge in [-0.05, 0) is 33.6 Å². The maximum atomic E-state index is 11.7. The molecule has 0 unspecified atom stereocenters. The molecular weight excluding hydrogens is 346 g/mol. The van der Waals surface area contributed by atoms with Crippen molar-refractivity contribution in [1.29, 1.82) is 0 Å². The van der Waals surface area contributed by atoms with Gasteiger partial charge in [-0.2, -0.15) is 0 Å². The summed E-state index contributed by atoms with van der Waals surface area (Å²) in [7, 11) is 1.70. The standard InChI is InChI=1S/C18H36ClNO5/c1-18(2,3)25-17(21)20(4)10-12-23-14-16-24-15-13-22-11-8-6-5-7-9-19/h5-16H2,1-4H3. The van der Waals surface area contributed by atoms with Crippen LogP contribution in [0.4, 0.5) is 4.79 Å². The summed E-state index contributed by atoms with van der Waals surface area (Å²) >= 11 is 5.62. The minimum Gasteiger partial charge on any atom is -0.444 e. The van der Waals surface area contributed by atoms with Crippen molar-refractivity contribution in [2.45, 2.75) is 52.1 Å². The largest absolute Gasteiger partial charge is 0.444 e. The number of hydrogen-bond acceptors (Lipinski definition) is 5. The predicted octanol–water partition coefficient (Wildman–Crippen LogP) is 3.70. The van der Waals surface area contributed by atoms with E-state index < -0.39 is 5.60 Å². The average molecular weight is 382 g/mol. The van der Waals surface area contributed by atoms with Crippen LogP contribution in [-0.4, -0.2) is 75.7 Å². The Hall–Kier alpha value is -0.560. The van der Waals surface area contributed by atoms with Gasteiger partial charge in [0.15, 0.2) is 0 Å². The number of nitrogens with zero attached hydrogens (tertiary/aromatic N) is 1. The normalized spacial score (nSPS) is 11.6. The number of hydrogen-bond donors (Lipinski definition) is 0. The maximum absolute atomic E-state index is 11.7. The minimum atomic E-state index is -0.480. The minimum absolute atomic E-state index is 0.341. The molecule has 0 aliphatic heterocycles. The molecule has 0 aliphatic carbocycles. The highest BCUT2D eigenvalue weighted by molar-refractivity contribution is 6.17. The van der Waals surface area contributed by atoms with Gasteiger partial charge >= 0.3 is 6.09 Å². The molecule has 0 rings (SSSR count). The molecule has 0 bridgehead atoms. The molecule has 25 heavy (non-hydrogen) atoms. The van der Waals surface area contributed by atoms with Crippen LogP contribution in [0, 0.1) is 0 Å². The summed E-state index contributed by atoms with van der Waals surface area (Å²) in [5, 5.41) is 0. The maximum Gasteiger partial charge on any atom is 0.410 e. The Labute approximate surface area is 158 Å². The predicted molar refractivity (Wildman–Crippen MR) is 101 cm³/mol. The second-order valence-corrected chi connectivity index (χ2v) is 7.22. The summed E-state index contributed by atoms with van der Waals surface area (Å²) in [6, 6.07) is 0. The lowest BCUT2D eigenvalue weighted by Crippen LogP contribution is -2.36. The molecule has 0 saturated heterocycles. The van der Waals surface area contributed by atoms with E-state index in [-0.39, 0.29) is 6.09 Å². The molecule has 0 aliphatic rings. The van der Waals surface area contributed by atoms with Crippen LogP contribution in [0.25, 0.3) is 0 Å². The molecule has 0 aromatic heterocycles. The SMILES string of the molecule is CN(CCOCCOCCOCCCCCCCl)C(=O)OC(C)(C)C. The lowest BCUT2D eigenvalue weighted by Gasteiger charge is -2.24. The number of carbonyl (C=O) groups is 1. The first-order chi connectivity index (χ1) is 11.9. The highest BCUT2D eigenvalue weighted by atomic mass is 35.5. The Kier molecular flexibility index (Phi) is 15.3. The first-order valence-corrected chi connectivity index (χ1v) is 9.63. The average Bonchev–Trinajstić information content (AvgIpc) is 2.53. The van der Waals surface area contributed by atoms with E-state index in [2.05, 4.69) is 0 Å². The van der Waals surface area contributed by atoms with Gasteiger partial charge in [-0.15, -0.1) is 11.6 Å².